The van der Waals surface area contributed by atoms with Gasteiger partial charge < -0.3 is 4.74 Å². The monoisotopic (exact) mass is 196 g/mol. The first-order valence-electron chi connectivity index (χ1n) is 4.69. The Morgan fingerprint density at radius 1 is 1.50 bits per heavy atom. The summed E-state index contributed by atoms with van der Waals surface area (Å²) in [5.74, 6) is -0.266. The molecule has 0 N–H and O–H groups in total. The zero-order chi connectivity index (χ0) is 10.7. The van der Waals surface area contributed by atoms with Gasteiger partial charge in [-0.25, -0.2) is 0 Å². The third-order valence-electron chi connectivity index (χ3n) is 2.39. The van der Waals surface area contributed by atoms with E-state index in [0.717, 1.165) is 17.8 Å². The second-order valence-corrected chi connectivity index (χ2v) is 3.24. The zero-order valence-corrected chi connectivity index (χ0v) is 9.13. The molecule has 0 fully saturated rings. The van der Waals surface area contributed by atoms with Crippen molar-refractivity contribution in [3.8, 4) is 0 Å². The van der Waals surface area contributed by atoms with Crippen LogP contribution in [0.3, 0.4) is 0 Å². The molecule has 78 valence electrons. The molecule has 1 rings (SSSR count). The number of hydrogen-bond donors (Lipinski definition) is 0. The van der Waals surface area contributed by atoms with Crippen LogP contribution in [0.5, 0.6) is 0 Å². The summed E-state index contributed by atoms with van der Waals surface area (Å²) < 4.78 is 6.29. The predicted molar refractivity (Wildman–Crippen MR) is 53.1 cm³/mol. The molecule has 0 bridgehead atoms. The van der Waals surface area contributed by atoms with Gasteiger partial charge in [0.25, 0.3) is 0 Å². The van der Waals surface area contributed by atoms with E-state index in [9.17, 15) is 4.79 Å². The predicted octanol–water partition coefficient (Wildman–Crippen LogP) is 1.24. The van der Waals surface area contributed by atoms with Gasteiger partial charge in [0.2, 0.25) is 0 Å². The molecule has 0 atom stereocenters. The topological polar surface area (TPSA) is 44.1 Å². The van der Waals surface area contributed by atoms with E-state index < -0.39 is 0 Å². The van der Waals surface area contributed by atoms with E-state index in [-0.39, 0.29) is 12.5 Å². The number of rotatable bonds is 3. The summed E-state index contributed by atoms with van der Waals surface area (Å²) >= 11 is 0. The fourth-order valence-corrected chi connectivity index (χ4v) is 1.59. The molecular formula is C10H16N2O2. The van der Waals surface area contributed by atoms with Gasteiger partial charge in [0.15, 0.2) is 0 Å². The van der Waals surface area contributed by atoms with Crippen LogP contribution >= 0.6 is 0 Å². The molecule has 0 aliphatic carbocycles. The van der Waals surface area contributed by atoms with Crippen LogP contribution in [0.2, 0.25) is 0 Å². The number of methoxy groups -OCH3 is 1. The Hall–Kier alpha value is -1.32. The molecular weight excluding hydrogens is 180 g/mol. The smallest absolute Gasteiger partial charge is 0.327 e. The number of hydrogen-bond acceptors (Lipinski definition) is 3. The van der Waals surface area contributed by atoms with Crippen LogP contribution in [0.4, 0.5) is 0 Å². The van der Waals surface area contributed by atoms with E-state index in [1.165, 1.54) is 12.7 Å². The summed E-state index contributed by atoms with van der Waals surface area (Å²) in [6.07, 6.45) is 0.943. The number of esters is 1. The van der Waals surface area contributed by atoms with Crippen molar-refractivity contribution in [1.82, 2.24) is 9.78 Å². The molecule has 0 aliphatic heterocycles. The zero-order valence-electron chi connectivity index (χ0n) is 9.13. The fraction of sp³-hybridized carbons (Fsp3) is 0.600. The van der Waals surface area contributed by atoms with Gasteiger partial charge in [-0.2, -0.15) is 5.10 Å². The second-order valence-electron chi connectivity index (χ2n) is 3.24. The third-order valence-corrected chi connectivity index (χ3v) is 2.39. The summed E-state index contributed by atoms with van der Waals surface area (Å²) in [6, 6.07) is 0. The van der Waals surface area contributed by atoms with Gasteiger partial charge in [0.1, 0.15) is 6.54 Å². The minimum atomic E-state index is -0.266. The molecule has 0 saturated heterocycles. The second kappa shape index (κ2) is 4.26. The summed E-state index contributed by atoms with van der Waals surface area (Å²) in [4.78, 5) is 11.1. The van der Waals surface area contributed by atoms with Crippen LogP contribution in [0.15, 0.2) is 0 Å². The molecule has 0 aromatic carbocycles. The summed E-state index contributed by atoms with van der Waals surface area (Å²) in [7, 11) is 1.38. The molecule has 0 saturated carbocycles. The normalized spacial score (nSPS) is 10.3. The first kappa shape index (κ1) is 10.8. The van der Waals surface area contributed by atoms with Gasteiger partial charge >= 0.3 is 5.97 Å². The molecule has 4 heteroatoms. The highest BCUT2D eigenvalue weighted by Gasteiger charge is 2.11. The van der Waals surface area contributed by atoms with Crippen molar-refractivity contribution in [3.05, 3.63) is 17.0 Å². The van der Waals surface area contributed by atoms with Gasteiger partial charge in [-0.15, -0.1) is 0 Å². The molecule has 0 unspecified atom stereocenters. The lowest BCUT2D eigenvalue weighted by Crippen LogP contribution is -2.14. The van der Waals surface area contributed by atoms with E-state index in [4.69, 9.17) is 0 Å². The average molecular weight is 196 g/mol. The number of nitrogens with zero attached hydrogens (tertiary/aromatic N) is 2. The van der Waals surface area contributed by atoms with Crippen LogP contribution in [0, 0.1) is 13.8 Å². The number of aryl methyl sites for hydroxylation is 1. The Morgan fingerprint density at radius 2 is 2.14 bits per heavy atom. The number of ether oxygens (including phenoxy) is 1. The van der Waals surface area contributed by atoms with Crippen LogP contribution in [-0.2, 0) is 22.5 Å². The number of aromatic nitrogens is 2. The Bertz CT molecular complexity index is 342. The molecule has 1 aromatic rings. The summed E-state index contributed by atoms with van der Waals surface area (Å²) in [6.45, 7) is 6.21. The van der Waals surface area contributed by atoms with Gasteiger partial charge in [-0.3, -0.25) is 9.48 Å². The quantitative estimate of drug-likeness (QED) is 0.683. The lowest BCUT2D eigenvalue weighted by Gasteiger charge is -2.02. The maximum atomic E-state index is 11.1. The number of carbonyl (C=O) groups excluding carboxylic acids is 1. The summed E-state index contributed by atoms with van der Waals surface area (Å²) in [5.41, 5.74) is 3.26. The minimum absolute atomic E-state index is 0.198. The lowest BCUT2D eigenvalue weighted by atomic mass is 10.1. The van der Waals surface area contributed by atoms with E-state index in [2.05, 4.69) is 16.8 Å². The Labute approximate surface area is 83.9 Å². The van der Waals surface area contributed by atoms with Crippen molar-refractivity contribution in [2.45, 2.75) is 33.7 Å². The fourth-order valence-electron chi connectivity index (χ4n) is 1.59. The highest BCUT2D eigenvalue weighted by Crippen LogP contribution is 2.13. The van der Waals surface area contributed by atoms with Crippen molar-refractivity contribution in [1.29, 1.82) is 0 Å². The molecule has 14 heavy (non-hydrogen) atoms. The van der Waals surface area contributed by atoms with Crippen LogP contribution in [-0.4, -0.2) is 22.9 Å². The van der Waals surface area contributed by atoms with Crippen molar-refractivity contribution in [2.24, 2.45) is 0 Å². The molecule has 0 aliphatic rings. The average Bonchev–Trinajstić information content (AvgIpc) is 2.42. The van der Waals surface area contributed by atoms with Crippen molar-refractivity contribution in [2.75, 3.05) is 7.11 Å². The SMILES string of the molecule is CCc1c(C)nn(CC(=O)OC)c1C. The van der Waals surface area contributed by atoms with E-state index in [1.807, 2.05) is 13.8 Å². The minimum Gasteiger partial charge on any atom is -0.468 e. The Morgan fingerprint density at radius 3 is 2.57 bits per heavy atom. The molecule has 0 radical (unpaired) electrons. The van der Waals surface area contributed by atoms with Crippen molar-refractivity contribution in [3.63, 3.8) is 0 Å². The van der Waals surface area contributed by atoms with Gasteiger partial charge in [0.05, 0.1) is 12.8 Å². The largest absolute Gasteiger partial charge is 0.468 e. The number of carbonyl (C=O) groups is 1. The maximum Gasteiger partial charge on any atom is 0.327 e. The van der Waals surface area contributed by atoms with Crippen LogP contribution < -0.4 is 0 Å². The van der Waals surface area contributed by atoms with Crippen LogP contribution in [0.1, 0.15) is 23.9 Å². The maximum absolute atomic E-state index is 11.1. The highest BCUT2D eigenvalue weighted by molar-refractivity contribution is 5.69. The van der Waals surface area contributed by atoms with E-state index >= 15 is 0 Å². The van der Waals surface area contributed by atoms with E-state index in [1.54, 1.807) is 4.68 Å². The standard InChI is InChI=1S/C10H16N2O2/c1-5-9-7(2)11-12(8(9)3)6-10(13)14-4/h5-6H2,1-4H3. The Kier molecular flexibility index (Phi) is 3.28. The molecule has 0 amide bonds. The first-order chi connectivity index (χ1) is 6.60. The molecule has 1 aromatic heterocycles. The van der Waals surface area contributed by atoms with Gasteiger partial charge in [-0.1, -0.05) is 6.92 Å². The first-order valence-corrected chi connectivity index (χ1v) is 4.69. The third kappa shape index (κ3) is 1.95. The Balaban J connectivity index is 2.93. The van der Waals surface area contributed by atoms with E-state index in [0.29, 0.717) is 0 Å². The highest BCUT2D eigenvalue weighted by atomic mass is 16.5. The summed E-state index contributed by atoms with van der Waals surface area (Å²) in [5, 5.41) is 4.28. The van der Waals surface area contributed by atoms with Crippen LogP contribution in [0.25, 0.3) is 0 Å². The van der Waals surface area contributed by atoms with Gasteiger partial charge in [-0.05, 0) is 25.8 Å². The van der Waals surface area contributed by atoms with Gasteiger partial charge in [0, 0.05) is 5.69 Å². The molecule has 4 nitrogen and oxygen atoms in total. The molecule has 0 spiro atoms. The van der Waals surface area contributed by atoms with Crippen molar-refractivity contribution < 1.29 is 9.53 Å². The lowest BCUT2D eigenvalue weighted by molar-refractivity contribution is -0.141. The van der Waals surface area contributed by atoms with Crippen molar-refractivity contribution >= 4 is 5.97 Å². The molecule has 1 heterocycles.